The number of rotatable bonds is 0. The van der Waals surface area contributed by atoms with Gasteiger partial charge in [-0.1, -0.05) is 38.5 Å². The van der Waals surface area contributed by atoms with E-state index < -0.39 is 0 Å². The monoisotopic (exact) mass is 172 g/mol. The molecule has 0 amide bonds. The molecule has 1 N–H and O–H groups in total. The molecule has 1 nitrogen and oxygen atoms in total. The van der Waals surface area contributed by atoms with Gasteiger partial charge in [-0.2, -0.15) is 9.90 Å². The Morgan fingerprint density at radius 1 is 1.09 bits per heavy atom. The van der Waals surface area contributed by atoms with Gasteiger partial charge in [-0.3, -0.25) is 0 Å². The van der Waals surface area contributed by atoms with Gasteiger partial charge in [0.1, 0.15) is 5.75 Å². The van der Waals surface area contributed by atoms with E-state index in [0.29, 0.717) is 5.75 Å². The molecular weight excluding hydrogens is 155 g/mol. The molecule has 0 aliphatic heterocycles. The molecule has 0 spiro atoms. The van der Waals surface area contributed by atoms with Crippen molar-refractivity contribution < 1.29 is 5.11 Å². The van der Waals surface area contributed by atoms with Gasteiger partial charge in [-0.25, -0.2) is 0 Å². The Kier molecular flexibility index (Phi) is 11.2. The minimum absolute atomic E-state index is 0. The molecule has 1 rings (SSSR count). The van der Waals surface area contributed by atoms with Crippen LogP contribution in [0.3, 0.4) is 0 Å². The van der Waals surface area contributed by atoms with E-state index in [1.807, 2.05) is 6.07 Å². The Hall–Kier alpha value is -0.550. The first-order valence-corrected chi connectivity index (χ1v) is 3.55. The van der Waals surface area contributed by atoms with Crippen LogP contribution in [0.15, 0.2) is 30.3 Å². The topological polar surface area (TPSA) is 20.2 Å². The predicted octanol–water partition coefficient (Wildman–Crippen LogP) is 2.87. The lowest BCUT2D eigenvalue weighted by Crippen LogP contribution is -1.56. The van der Waals surface area contributed by atoms with Crippen molar-refractivity contribution in [2.24, 2.45) is 0 Å². The first-order valence-electron chi connectivity index (χ1n) is 3.55. The van der Waals surface area contributed by atoms with Crippen molar-refractivity contribution in [3.05, 3.63) is 30.3 Å². The molecule has 1 aromatic carbocycles. The van der Waals surface area contributed by atoms with Gasteiger partial charge >= 0.3 is 0 Å². The lowest BCUT2D eigenvalue weighted by atomic mass is 10.3. The standard InChI is InChI=1S/C6H6O.C3H8.H3P/c7-6-4-2-1-3-5-6;1-3-2;/h1-5,7H;3H2,1-2H3;1H3. The molecule has 0 aliphatic rings. The van der Waals surface area contributed by atoms with Crippen LogP contribution < -0.4 is 0 Å². The molecular formula is C9H17OP. The van der Waals surface area contributed by atoms with Crippen molar-refractivity contribution in [3.63, 3.8) is 0 Å². The number of hydrogen-bond acceptors (Lipinski definition) is 1. The predicted molar refractivity (Wildman–Crippen MR) is 55.2 cm³/mol. The van der Waals surface area contributed by atoms with E-state index in [4.69, 9.17) is 5.11 Å². The fourth-order valence-corrected chi connectivity index (χ4v) is 0.428. The van der Waals surface area contributed by atoms with Crippen LogP contribution >= 0.6 is 9.90 Å². The highest BCUT2D eigenvalue weighted by Crippen LogP contribution is 2.02. The van der Waals surface area contributed by atoms with Gasteiger partial charge in [0.15, 0.2) is 0 Å². The van der Waals surface area contributed by atoms with E-state index in [1.54, 1.807) is 24.3 Å². The Labute approximate surface area is 72.1 Å². The molecule has 0 saturated carbocycles. The van der Waals surface area contributed by atoms with Crippen LogP contribution in [0.4, 0.5) is 0 Å². The molecule has 0 bridgehead atoms. The summed E-state index contributed by atoms with van der Waals surface area (Å²) in [7, 11) is 0. The van der Waals surface area contributed by atoms with Crippen molar-refractivity contribution in [1.82, 2.24) is 0 Å². The third-order valence-electron chi connectivity index (χ3n) is 0.756. The highest BCUT2D eigenvalue weighted by atomic mass is 31.0. The second-order valence-corrected chi connectivity index (χ2v) is 2.04. The van der Waals surface area contributed by atoms with E-state index >= 15 is 0 Å². The number of para-hydroxylation sites is 1. The number of benzene rings is 1. The van der Waals surface area contributed by atoms with Gasteiger partial charge in [0.05, 0.1) is 0 Å². The highest BCUT2D eigenvalue weighted by molar-refractivity contribution is 6.92. The van der Waals surface area contributed by atoms with Gasteiger partial charge < -0.3 is 5.11 Å². The Bertz CT molecular complexity index is 151. The Balaban J connectivity index is 0. The minimum Gasteiger partial charge on any atom is -0.508 e. The lowest BCUT2D eigenvalue weighted by Gasteiger charge is -1.82. The maximum Gasteiger partial charge on any atom is 0.115 e. The van der Waals surface area contributed by atoms with Crippen LogP contribution in [0.5, 0.6) is 5.75 Å². The molecule has 0 heterocycles. The molecule has 2 heteroatoms. The number of phenolic OH excluding ortho intramolecular Hbond substituents is 1. The fraction of sp³-hybridized carbons (Fsp3) is 0.333. The third kappa shape index (κ3) is 9.45. The van der Waals surface area contributed by atoms with Crippen LogP contribution in [0.25, 0.3) is 0 Å². The first kappa shape index (κ1) is 13.1. The molecule has 1 atom stereocenters. The Morgan fingerprint density at radius 3 is 1.64 bits per heavy atom. The summed E-state index contributed by atoms with van der Waals surface area (Å²) in [4.78, 5) is 0. The summed E-state index contributed by atoms with van der Waals surface area (Å²) < 4.78 is 0. The van der Waals surface area contributed by atoms with Crippen LogP contribution in [0, 0.1) is 0 Å². The average molecular weight is 172 g/mol. The summed E-state index contributed by atoms with van der Waals surface area (Å²) in [6.07, 6.45) is 1.25. The molecule has 64 valence electrons. The molecule has 0 fully saturated rings. The SMILES string of the molecule is CCC.Oc1ccccc1.P. The van der Waals surface area contributed by atoms with Crippen molar-refractivity contribution in [1.29, 1.82) is 0 Å². The highest BCUT2D eigenvalue weighted by Gasteiger charge is 1.74. The third-order valence-corrected chi connectivity index (χ3v) is 0.756. The summed E-state index contributed by atoms with van der Waals surface area (Å²) in [6.45, 7) is 4.25. The summed E-state index contributed by atoms with van der Waals surface area (Å²) in [5.41, 5.74) is 0. The average Bonchev–Trinajstić information content (AvgIpc) is 1.91. The molecule has 0 radical (unpaired) electrons. The first-order chi connectivity index (χ1) is 4.81. The lowest BCUT2D eigenvalue weighted by molar-refractivity contribution is 0.475. The zero-order valence-electron chi connectivity index (χ0n) is 7.25. The summed E-state index contributed by atoms with van der Waals surface area (Å²) in [5.74, 6) is 0.322. The van der Waals surface area contributed by atoms with Crippen molar-refractivity contribution in [2.45, 2.75) is 20.3 Å². The maximum absolute atomic E-state index is 8.63. The van der Waals surface area contributed by atoms with E-state index in [2.05, 4.69) is 13.8 Å². The van der Waals surface area contributed by atoms with Gasteiger partial charge in [0.25, 0.3) is 0 Å². The van der Waals surface area contributed by atoms with Crippen molar-refractivity contribution >= 4 is 9.90 Å². The maximum atomic E-state index is 8.63. The largest absolute Gasteiger partial charge is 0.508 e. The summed E-state index contributed by atoms with van der Waals surface area (Å²) in [5, 5.41) is 8.63. The molecule has 11 heavy (non-hydrogen) atoms. The second-order valence-electron chi connectivity index (χ2n) is 2.04. The Morgan fingerprint density at radius 2 is 1.45 bits per heavy atom. The van der Waals surface area contributed by atoms with Gasteiger partial charge in [-0.05, 0) is 12.1 Å². The normalized spacial score (nSPS) is 7.09. The van der Waals surface area contributed by atoms with Crippen molar-refractivity contribution in [2.75, 3.05) is 0 Å². The van der Waals surface area contributed by atoms with Gasteiger partial charge in [0, 0.05) is 0 Å². The van der Waals surface area contributed by atoms with Gasteiger partial charge in [0.2, 0.25) is 0 Å². The smallest absolute Gasteiger partial charge is 0.115 e. The minimum atomic E-state index is 0. The zero-order valence-corrected chi connectivity index (χ0v) is 8.66. The molecule has 1 aromatic rings. The van der Waals surface area contributed by atoms with E-state index in [-0.39, 0.29) is 9.90 Å². The second kappa shape index (κ2) is 9.45. The van der Waals surface area contributed by atoms with Crippen LogP contribution in [0.1, 0.15) is 20.3 Å². The van der Waals surface area contributed by atoms with E-state index in [9.17, 15) is 0 Å². The zero-order chi connectivity index (χ0) is 7.82. The molecule has 0 aliphatic carbocycles. The number of aromatic hydroxyl groups is 1. The molecule has 1 unspecified atom stereocenters. The fourth-order valence-electron chi connectivity index (χ4n) is 0.428. The molecule has 0 aromatic heterocycles. The van der Waals surface area contributed by atoms with Crippen molar-refractivity contribution in [3.8, 4) is 5.75 Å². The molecule has 0 saturated heterocycles. The van der Waals surface area contributed by atoms with Crippen LogP contribution in [-0.4, -0.2) is 5.11 Å². The quantitative estimate of drug-likeness (QED) is 0.596. The van der Waals surface area contributed by atoms with E-state index in [1.165, 1.54) is 6.42 Å². The van der Waals surface area contributed by atoms with Crippen LogP contribution in [-0.2, 0) is 0 Å². The van der Waals surface area contributed by atoms with Crippen LogP contribution in [0.2, 0.25) is 0 Å². The van der Waals surface area contributed by atoms with E-state index in [0.717, 1.165) is 0 Å². The van der Waals surface area contributed by atoms with Gasteiger partial charge in [-0.15, -0.1) is 0 Å². The number of phenols is 1. The number of hydrogen-bond donors (Lipinski definition) is 1. The summed E-state index contributed by atoms with van der Waals surface area (Å²) >= 11 is 0. The summed E-state index contributed by atoms with van der Waals surface area (Å²) in [6, 6.07) is 8.71.